The van der Waals surface area contributed by atoms with E-state index < -0.39 is 0 Å². The lowest BCUT2D eigenvalue weighted by Crippen LogP contribution is -2.18. The number of nitrogens with one attached hydrogen (secondary N) is 2. The number of benzene rings is 2. The maximum atomic E-state index is 11.9. The first-order valence-corrected chi connectivity index (χ1v) is 7.51. The van der Waals surface area contributed by atoms with E-state index in [1.807, 2.05) is 0 Å². The highest BCUT2D eigenvalue weighted by atomic mass is 35.5. The average molecular weight is 349 g/mol. The molecule has 0 aliphatic heterocycles. The van der Waals surface area contributed by atoms with Crippen LogP contribution in [0.25, 0.3) is 6.08 Å². The van der Waals surface area contributed by atoms with Gasteiger partial charge in [0.25, 0.3) is 5.91 Å². The van der Waals surface area contributed by atoms with Crippen molar-refractivity contribution in [3.63, 3.8) is 0 Å². The molecule has 0 saturated carbocycles. The zero-order chi connectivity index (χ0) is 16.8. The molecule has 2 amide bonds. The molecule has 0 unspecified atom stereocenters. The molecule has 0 aromatic heterocycles. The summed E-state index contributed by atoms with van der Waals surface area (Å²) in [6.45, 7) is 0. The molecule has 0 atom stereocenters. The fourth-order valence-corrected chi connectivity index (χ4v) is 2.16. The molecule has 2 rings (SSSR count). The van der Waals surface area contributed by atoms with Crippen molar-refractivity contribution in [3.05, 3.63) is 69.7 Å². The van der Waals surface area contributed by atoms with Gasteiger partial charge in [0.15, 0.2) is 0 Å². The molecule has 0 fully saturated rings. The standard InChI is InChI=1S/C17H14Cl2N2O2/c1-20-17(23)12-3-2-4-13(10-12)21-16(22)8-6-11-5-7-14(18)15(19)9-11/h2-10H,1H3,(H,20,23)(H,21,22)/b8-6+. The third-order valence-corrected chi connectivity index (χ3v) is 3.73. The van der Waals surface area contributed by atoms with Gasteiger partial charge in [-0.1, -0.05) is 35.3 Å². The lowest BCUT2D eigenvalue weighted by atomic mass is 10.2. The van der Waals surface area contributed by atoms with Gasteiger partial charge in [0.05, 0.1) is 10.0 Å². The summed E-state index contributed by atoms with van der Waals surface area (Å²) in [6, 6.07) is 11.8. The van der Waals surface area contributed by atoms with Crippen molar-refractivity contribution in [2.24, 2.45) is 0 Å². The van der Waals surface area contributed by atoms with E-state index in [9.17, 15) is 9.59 Å². The van der Waals surface area contributed by atoms with E-state index in [1.165, 1.54) is 6.08 Å². The van der Waals surface area contributed by atoms with Crippen LogP contribution in [-0.2, 0) is 4.79 Å². The molecular formula is C17H14Cl2N2O2. The molecule has 2 N–H and O–H groups in total. The van der Waals surface area contributed by atoms with Crippen LogP contribution in [0.15, 0.2) is 48.5 Å². The quantitative estimate of drug-likeness (QED) is 0.820. The third kappa shape index (κ3) is 4.84. The summed E-state index contributed by atoms with van der Waals surface area (Å²) in [5, 5.41) is 6.10. The molecule has 0 saturated heterocycles. The van der Waals surface area contributed by atoms with Gasteiger partial charge in [-0.25, -0.2) is 0 Å². The van der Waals surface area contributed by atoms with Gasteiger partial charge in [-0.3, -0.25) is 9.59 Å². The van der Waals surface area contributed by atoms with Gasteiger partial charge in [-0.2, -0.15) is 0 Å². The first-order valence-electron chi connectivity index (χ1n) is 6.76. The normalized spacial score (nSPS) is 10.6. The SMILES string of the molecule is CNC(=O)c1cccc(NC(=O)/C=C/c2ccc(Cl)c(Cl)c2)c1. The molecule has 6 heteroatoms. The smallest absolute Gasteiger partial charge is 0.251 e. The second-order valence-corrected chi connectivity index (χ2v) is 5.47. The first kappa shape index (κ1) is 17.1. The Hall–Kier alpha value is -2.30. The van der Waals surface area contributed by atoms with Crippen LogP contribution in [-0.4, -0.2) is 18.9 Å². The largest absolute Gasteiger partial charge is 0.355 e. The van der Waals surface area contributed by atoms with Crippen LogP contribution in [0.5, 0.6) is 0 Å². The Labute approximate surface area is 144 Å². The molecule has 0 bridgehead atoms. The van der Waals surface area contributed by atoms with Gasteiger partial charge in [-0.05, 0) is 42.0 Å². The lowest BCUT2D eigenvalue weighted by molar-refractivity contribution is -0.111. The number of hydrogen-bond acceptors (Lipinski definition) is 2. The van der Waals surface area contributed by atoms with Crippen molar-refractivity contribution in [2.45, 2.75) is 0 Å². The molecule has 0 spiro atoms. The van der Waals surface area contributed by atoms with E-state index in [4.69, 9.17) is 23.2 Å². The fourth-order valence-electron chi connectivity index (χ4n) is 1.85. The maximum Gasteiger partial charge on any atom is 0.251 e. The summed E-state index contributed by atoms with van der Waals surface area (Å²) in [5.74, 6) is -0.530. The molecule has 0 heterocycles. The van der Waals surface area contributed by atoms with Gasteiger partial charge >= 0.3 is 0 Å². The molecule has 0 aliphatic rings. The van der Waals surface area contributed by atoms with E-state index in [0.717, 1.165) is 5.56 Å². The second-order valence-electron chi connectivity index (χ2n) is 4.66. The molecular weight excluding hydrogens is 335 g/mol. The molecule has 2 aromatic rings. The molecule has 0 radical (unpaired) electrons. The van der Waals surface area contributed by atoms with Gasteiger partial charge < -0.3 is 10.6 Å². The van der Waals surface area contributed by atoms with Crippen molar-refractivity contribution in [3.8, 4) is 0 Å². The minimum atomic E-state index is -0.315. The van der Waals surface area contributed by atoms with E-state index in [1.54, 1.807) is 55.6 Å². The summed E-state index contributed by atoms with van der Waals surface area (Å²) >= 11 is 11.8. The van der Waals surface area contributed by atoms with E-state index in [-0.39, 0.29) is 11.8 Å². The molecule has 23 heavy (non-hydrogen) atoms. The maximum absolute atomic E-state index is 11.9. The number of halogens is 2. The van der Waals surface area contributed by atoms with Crippen molar-refractivity contribution in [2.75, 3.05) is 12.4 Å². The van der Waals surface area contributed by atoms with Gasteiger partial charge in [-0.15, -0.1) is 0 Å². The number of rotatable bonds is 4. The third-order valence-electron chi connectivity index (χ3n) is 2.99. The predicted molar refractivity (Wildman–Crippen MR) is 94.0 cm³/mol. The Bertz CT molecular complexity index is 773. The number of hydrogen-bond donors (Lipinski definition) is 2. The summed E-state index contributed by atoms with van der Waals surface area (Å²) in [5.41, 5.74) is 1.77. The monoisotopic (exact) mass is 348 g/mol. The Morgan fingerprint density at radius 3 is 2.52 bits per heavy atom. The Morgan fingerprint density at radius 2 is 1.83 bits per heavy atom. The van der Waals surface area contributed by atoms with Gasteiger partial charge in [0, 0.05) is 24.4 Å². The summed E-state index contributed by atoms with van der Waals surface area (Å²) in [4.78, 5) is 23.5. The highest BCUT2D eigenvalue weighted by molar-refractivity contribution is 6.42. The van der Waals surface area contributed by atoms with Gasteiger partial charge in [0.1, 0.15) is 0 Å². The van der Waals surface area contributed by atoms with E-state index in [0.29, 0.717) is 21.3 Å². The van der Waals surface area contributed by atoms with Crippen molar-refractivity contribution in [1.82, 2.24) is 5.32 Å². The highest BCUT2D eigenvalue weighted by Gasteiger charge is 2.05. The minimum Gasteiger partial charge on any atom is -0.355 e. The Kier molecular flexibility index (Phi) is 5.79. The van der Waals surface area contributed by atoms with Crippen LogP contribution in [0.2, 0.25) is 10.0 Å². The van der Waals surface area contributed by atoms with E-state index in [2.05, 4.69) is 10.6 Å². The molecule has 4 nitrogen and oxygen atoms in total. The average Bonchev–Trinajstić information content (AvgIpc) is 2.55. The number of carbonyl (C=O) groups excluding carboxylic acids is 2. The fraction of sp³-hybridized carbons (Fsp3) is 0.0588. The van der Waals surface area contributed by atoms with Crippen molar-refractivity contribution < 1.29 is 9.59 Å². The van der Waals surface area contributed by atoms with Crippen LogP contribution in [0.3, 0.4) is 0 Å². The number of carbonyl (C=O) groups is 2. The number of amides is 2. The Balaban J connectivity index is 2.05. The van der Waals surface area contributed by atoms with Crippen LogP contribution >= 0.6 is 23.2 Å². The summed E-state index contributed by atoms with van der Waals surface area (Å²) < 4.78 is 0. The predicted octanol–water partition coefficient (Wildman–Crippen LogP) is 4.00. The van der Waals surface area contributed by atoms with E-state index >= 15 is 0 Å². The second kappa shape index (κ2) is 7.81. The summed E-state index contributed by atoms with van der Waals surface area (Å²) in [6.07, 6.45) is 3.01. The Morgan fingerprint density at radius 1 is 1.04 bits per heavy atom. The highest BCUT2D eigenvalue weighted by Crippen LogP contribution is 2.23. The van der Waals surface area contributed by atoms with Crippen molar-refractivity contribution >= 4 is 46.8 Å². The van der Waals surface area contributed by atoms with Crippen LogP contribution in [0.1, 0.15) is 15.9 Å². The van der Waals surface area contributed by atoms with Crippen LogP contribution in [0.4, 0.5) is 5.69 Å². The van der Waals surface area contributed by atoms with Crippen LogP contribution in [0, 0.1) is 0 Å². The first-order chi connectivity index (χ1) is 11.0. The topological polar surface area (TPSA) is 58.2 Å². The van der Waals surface area contributed by atoms with Crippen molar-refractivity contribution in [1.29, 1.82) is 0 Å². The summed E-state index contributed by atoms with van der Waals surface area (Å²) in [7, 11) is 1.55. The molecule has 118 valence electrons. The number of anilines is 1. The van der Waals surface area contributed by atoms with Crippen LogP contribution < -0.4 is 10.6 Å². The molecule has 0 aliphatic carbocycles. The zero-order valence-corrected chi connectivity index (χ0v) is 13.8. The zero-order valence-electron chi connectivity index (χ0n) is 12.3. The lowest BCUT2D eigenvalue weighted by Gasteiger charge is -2.05. The van der Waals surface area contributed by atoms with Gasteiger partial charge in [0.2, 0.25) is 5.91 Å². The molecule has 2 aromatic carbocycles. The minimum absolute atomic E-state index is 0.215.